The highest BCUT2D eigenvalue weighted by atomic mass is 32.1. The summed E-state index contributed by atoms with van der Waals surface area (Å²) in [6.45, 7) is 3.44. The topological polar surface area (TPSA) is 71.1 Å². The molecule has 2 aromatic rings. The van der Waals surface area contributed by atoms with Gasteiger partial charge in [0.1, 0.15) is 4.88 Å². The summed E-state index contributed by atoms with van der Waals surface area (Å²) in [5.74, 6) is -0.342. The molecular weight excluding hydrogens is 274 g/mol. The largest absolute Gasteiger partial charge is 0.326 e. The van der Waals surface area contributed by atoms with Crippen LogP contribution < -0.4 is 10.6 Å². The molecule has 5 nitrogen and oxygen atoms in total. The first-order chi connectivity index (χ1) is 9.58. The maximum atomic E-state index is 12.0. The van der Waals surface area contributed by atoms with Gasteiger partial charge in [-0.25, -0.2) is 4.98 Å². The third-order valence-corrected chi connectivity index (χ3v) is 3.66. The minimum absolute atomic E-state index is 0.150. The number of carbonyl (C=O) groups is 2. The van der Waals surface area contributed by atoms with Crippen LogP contribution in [0.3, 0.4) is 0 Å². The quantitative estimate of drug-likeness (QED) is 0.909. The Kier molecular flexibility index (Phi) is 4.47. The molecule has 2 rings (SSSR count). The van der Waals surface area contributed by atoms with Gasteiger partial charge in [-0.05, 0) is 24.6 Å². The van der Waals surface area contributed by atoms with Crippen molar-refractivity contribution in [2.45, 2.75) is 20.3 Å². The van der Waals surface area contributed by atoms with E-state index in [4.69, 9.17) is 0 Å². The number of aryl methyl sites for hydroxylation is 1. The minimum Gasteiger partial charge on any atom is -0.326 e. The molecular formula is C14H15N3O2S. The van der Waals surface area contributed by atoms with Gasteiger partial charge in [0.2, 0.25) is 5.91 Å². The second-order valence-electron chi connectivity index (χ2n) is 4.19. The van der Waals surface area contributed by atoms with Crippen LogP contribution in [-0.2, 0) is 11.2 Å². The Hall–Kier alpha value is -2.21. The predicted octanol–water partition coefficient (Wildman–Crippen LogP) is 2.92. The summed E-state index contributed by atoms with van der Waals surface area (Å²) in [5, 5.41) is 6.39. The lowest BCUT2D eigenvalue weighted by Gasteiger charge is -2.06. The van der Waals surface area contributed by atoms with Gasteiger partial charge in [-0.3, -0.25) is 9.59 Å². The molecule has 20 heavy (non-hydrogen) atoms. The fraction of sp³-hybridized carbons (Fsp3) is 0.214. The summed E-state index contributed by atoms with van der Waals surface area (Å²) in [4.78, 5) is 27.8. The van der Waals surface area contributed by atoms with Gasteiger partial charge in [-0.1, -0.05) is 13.0 Å². The van der Waals surface area contributed by atoms with Crippen molar-refractivity contribution in [1.82, 2.24) is 4.98 Å². The number of aromatic nitrogens is 1. The molecule has 0 saturated heterocycles. The highest BCUT2D eigenvalue weighted by Gasteiger charge is 2.10. The third-order valence-electron chi connectivity index (χ3n) is 2.52. The molecule has 104 valence electrons. The number of thiazole rings is 1. The first-order valence-corrected chi connectivity index (χ1v) is 7.04. The minimum atomic E-state index is -0.192. The third kappa shape index (κ3) is 3.64. The standard InChI is InChI=1S/C14H15N3O2S/c1-3-13-15-8-12(20-13)14(19)17-11-6-4-5-10(7-11)16-9(2)18/h4-8H,3H2,1-2H3,(H,16,18)(H,17,19). The van der Waals surface area contributed by atoms with Crippen LogP contribution >= 0.6 is 11.3 Å². The molecule has 1 heterocycles. The number of hydrogen-bond acceptors (Lipinski definition) is 4. The van der Waals surface area contributed by atoms with Crippen LogP contribution in [-0.4, -0.2) is 16.8 Å². The van der Waals surface area contributed by atoms with Gasteiger partial charge in [0.25, 0.3) is 5.91 Å². The predicted molar refractivity (Wildman–Crippen MR) is 80.2 cm³/mol. The Morgan fingerprint density at radius 2 is 1.95 bits per heavy atom. The van der Waals surface area contributed by atoms with Gasteiger partial charge in [0.05, 0.1) is 11.2 Å². The van der Waals surface area contributed by atoms with Gasteiger partial charge in [-0.15, -0.1) is 11.3 Å². The molecule has 0 aliphatic heterocycles. The molecule has 0 spiro atoms. The van der Waals surface area contributed by atoms with Crippen molar-refractivity contribution >= 4 is 34.5 Å². The van der Waals surface area contributed by atoms with Gasteiger partial charge in [-0.2, -0.15) is 0 Å². The van der Waals surface area contributed by atoms with Crippen LogP contribution in [0.5, 0.6) is 0 Å². The molecule has 0 aliphatic carbocycles. The smallest absolute Gasteiger partial charge is 0.267 e. The normalized spacial score (nSPS) is 10.1. The SMILES string of the molecule is CCc1ncc(C(=O)Nc2cccc(NC(C)=O)c2)s1. The molecule has 1 aromatic carbocycles. The number of nitrogens with one attached hydrogen (secondary N) is 2. The molecule has 0 aliphatic rings. The van der Waals surface area contributed by atoms with Gasteiger partial charge < -0.3 is 10.6 Å². The van der Waals surface area contributed by atoms with E-state index in [1.165, 1.54) is 18.3 Å². The molecule has 2 N–H and O–H groups in total. The lowest BCUT2D eigenvalue weighted by Crippen LogP contribution is -2.11. The van der Waals surface area contributed by atoms with Crippen LogP contribution in [0.2, 0.25) is 0 Å². The number of anilines is 2. The van der Waals surface area contributed by atoms with Crippen molar-refractivity contribution in [2.24, 2.45) is 0 Å². The highest BCUT2D eigenvalue weighted by molar-refractivity contribution is 7.13. The number of benzene rings is 1. The summed E-state index contributed by atoms with van der Waals surface area (Å²) in [6, 6.07) is 7.01. The maximum Gasteiger partial charge on any atom is 0.267 e. The summed E-state index contributed by atoms with van der Waals surface area (Å²) >= 11 is 1.38. The number of rotatable bonds is 4. The number of hydrogen-bond donors (Lipinski definition) is 2. The Morgan fingerprint density at radius 1 is 1.25 bits per heavy atom. The Balaban J connectivity index is 2.09. The monoisotopic (exact) mass is 289 g/mol. The fourth-order valence-electron chi connectivity index (χ4n) is 1.65. The first-order valence-electron chi connectivity index (χ1n) is 6.22. The van der Waals surface area contributed by atoms with E-state index in [1.807, 2.05) is 6.92 Å². The average Bonchev–Trinajstić information content (AvgIpc) is 2.87. The molecule has 0 saturated carbocycles. The first kappa shape index (κ1) is 14.2. The van der Waals surface area contributed by atoms with E-state index in [9.17, 15) is 9.59 Å². The Bertz CT molecular complexity index is 637. The molecule has 2 amide bonds. The lowest BCUT2D eigenvalue weighted by molar-refractivity contribution is -0.114. The zero-order chi connectivity index (χ0) is 14.5. The van der Waals surface area contributed by atoms with Crippen molar-refractivity contribution in [1.29, 1.82) is 0 Å². The average molecular weight is 289 g/mol. The van der Waals surface area contributed by atoms with Gasteiger partial charge in [0, 0.05) is 18.3 Å². The van der Waals surface area contributed by atoms with Crippen molar-refractivity contribution in [3.8, 4) is 0 Å². The van der Waals surface area contributed by atoms with E-state index in [-0.39, 0.29) is 11.8 Å². The number of nitrogens with zero attached hydrogens (tertiary/aromatic N) is 1. The lowest BCUT2D eigenvalue weighted by atomic mass is 10.2. The summed E-state index contributed by atoms with van der Waals surface area (Å²) in [6.07, 6.45) is 2.40. The fourth-order valence-corrected chi connectivity index (χ4v) is 2.40. The zero-order valence-electron chi connectivity index (χ0n) is 11.3. The summed E-state index contributed by atoms with van der Waals surface area (Å²) < 4.78 is 0. The molecule has 6 heteroatoms. The second kappa shape index (κ2) is 6.29. The van der Waals surface area contributed by atoms with Crippen LogP contribution in [0.25, 0.3) is 0 Å². The van der Waals surface area contributed by atoms with Crippen LogP contribution in [0.1, 0.15) is 28.5 Å². The van der Waals surface area contributed by atoms with Crippen LogP contribution in [0, 0.1) is 0 Å². The molecule has 0 bridgehead atoms. The van der Waals surface area contributed by atoms with E-state index in [1.54, 1.807) is 30.5 Å². The summed E-state index contributed by atoms with van der Waals surface area (Å²) in [5.41, 5.74) is 1.28. The molecule has 0 radical (unpaired) electrons. The van der Waals surface area contributed by atoms with Crippen molar-refractivity contribution in [3.63, 3.8) is 0 Å². The molecule has 0 atom stereocenters. The zero-order valence-corrected chi connectivity index (χ0v) is 12.1. The molecule has 1 aromatic heterocycles. The van der Waals surface area contributed by atoms with Crippen molar-refractivity contribution < 1.29 is 9.59 Å². The highest BCUT2D eigenvalue weighted by Crippen LogP contribution is 2.18. The number of carbonyl (C=O) groups excluding carboxylic acids is 2. The summed E-state index contributed by atoms with van der Waals surface area (Å²) in [7, 11) is 0. The van der Waals surface area contributed by atoms with Gasteiger partial charge >= 0.3 is 0 Å². The van der Waals surface area contributed by atoms with E-state index in [2.05, 4.69) is 15.6 Å². The Morgan fingerprint density at radius 3 is 2.55 bits per heavy atom. The second-order valence-corrected chi connectivity index (χ2v) is 5.30. The van der Waals surface area contributed by atoms with E-state index in [0.717, 1.165) is 11.4 Å². The van der Waals surface area contributed by atoms with Crippen molar-refractivity contribution in [2.75, 3.05) is 10.6 Å². The molecule has 0 unspecified atom stereocenters. The Labute approximate surface area is 121 Å². The number of amides is 2. The maximum absolute atomic E-state index is 12.0. The molecule has 0 fully saturated rings. The van der Waals surface area contributed by atoms with Crippen LogP contribution in [0.4, 0.5) is 11.4 Å². The van der Waals surface area contributed by atoms with E-state index < -0.39 is 0 Å². The van der Waals surface area contributed by atoms with Crippen LogP contribution in [0.15, 0.2) is 30.5 Å². The van der Waals surface area contributed by atoms with Gasteiger partial charge in [0.15, 0.2) is 0 Å². The van der Waals surface area contributed by atoms with Crippen molar-refractivity contribution in [3.05, 3.63) is 40.3 Å². The van der Waals surface area contributed by atoms with E-state index >= 15 is 0 Å². The van der Waals surface area contributed by atoms with E-state index in [0.29, 0.717) is 16.3 Å².